The molecule has 4 N–H and O–H groups in total. The third-order valence-corrected chi connectivity index (χ3v) is 7.06. The molecule has 12 nitrogen and oxygen atoms in total. The molecule has 1 amide bonds. The molecule has 0 fully saturated rings. The lowest BCUT2D eigenvalue weighted by Crippen LogP contribution is -2.32. The van der Waals surface area contributed by atoms with Gasteiger partial charge in [0.1, 0.15) is 23.9 Å². The van der Waals surface area contributed by atoms with E-state index >= 15 is 0 Å². The van der Waals surface area contributed by atoms with Crippen LogP contribution >= 0.6 is 0 Å². The summed E-state index contributed by atoms with van der Waals surface area (Å²) in [7, 11) is 3.04. The lowest BCUT2D eigenvalue weighted by atomic mass is 9.85. The highest BCUT2D eigenvalue weighted by molar-refractivity contribution is 6.08. The van der Waals surface area contributed by atoms with Gasteiger partial charge in [-0.2, -0.15) is 13.2 Å². The van der Waals surface area contributed by atoms with E-state index in [0.717, 1.165) is 11.1 Å². The summed E-state index contributed by atoms with van der Waals surface area (Å²) in [6.45, 7) is 6.88. The molecule has 0 aromatic heterocycles. The first-order valence-corrected chi connectivity index (χ1v) is 13.3. The van der Waals surface area contributed by atoms with E-state index in [1.54, 1.807) is 28.0 Å². The highest BCUT2D eigenvalue weighted by atomic mass is 19.4. The summed E-state index contributed by atoms with van der Waals surface area (Å²) in [5.41, 5.74) is 3.35. The van der Waals surface area contributed by atoms with Crippen LogP contribution in [0.25, 0.3) is 0 Å². The number of carboxylic acids is 2. The minimum Gasteiger partial charge on any atom is -0.495 e. The number of hydrogen-bond donors (Lipinski definition) is 4. The smallest absolute Gasteiger partial charge is 0.490 e. The number of Topliss-reactive ketones (excluding diaryl/α,β-unsaturated/α-hetero) is 1. The van der Waals surface area contributed by atoms with Crippen molar-refractivity contribution in [3.63, 3.8) is 0 Å². The van der Waals surface area contributed by atoms with E-state index in [4.69, 9.17) is 24.8 Å². The molecule has 2 aromatic carbocycles. The van der Waals surface area contributed by atoms with Crippen molar-refractivity contribution >= 4 is 35.2 Å². The van der Waals surface area contributed by atoms with E-state index in [1.807, 2.05) is 26.8 Å². The molecule has 0 saturated carbocycles. The van der Waals surface area contributed by atoms with Gasteiger partial charge in [-0.15, -0.1) is 0 Å². The standard InChI is InChI=1S/C27H32N4O6.C2HF3O2/c1-6-37-21-9-16-11-30(25(28)17(16)10-18(21)26(35)29-4)12-20(32)15-7-19-24(22(8-15)36-5)31(13-23(33)34)14-27(19,2)3;3-2(4,5)1(6)7/h7-10,28H,6,11-14H2,1-5H3,(H,29,35)(H,33,34);(H,6,7). The van der Waals surface area contributed by atoms with Crippen LogP contribution in [0.5, 0.6) is 11.5 Å². The van der Waals surface area contributed by atoms with Gasteiger partial charge in [0.15, 0.2) is 5.78 Å². The number of rotatable bonds is 9. The zero-order valence-corrected chi connectivity index (χ0v) is 24.7. The number of amides is 1. The Bertz CT molecular complexity index is 1510. The summed E-state index contributed by atoms with van der Waals surface area (Å²) in [5, 5.41) is 27.8. The Morgan fingerprint density at radius 1 is 1.05 bits per heavy atom. The fraction of sp³-hybridized carbons (Fsp3) is 0.414. The zero-order valence-electron chi connectivity index (χ0n) is 24.7. The van der Waals surface area contributed by atoms with Crippen LogP contribution in [0.2, 0.25) is 0 Å². The molecule has 0 atom stereocenters. The lowest BCUT2D eigenvalue weighted by molar-refractivity contribution is -0.192. The number of aliphatic carboxylic acids is 2. The quantitative estimate of drug-likeness (QED) is 0.305. The second kappa shape index (κ2) is 12.8. The third kappa shape index (κ3) is 7.03. The number of carbonyl (C=O) groups excluding carboxylic acids is 2. The van der Waals surface area contributed by atoms with Crippen LogP contribution in [0.1, 0.15) is 58.2 Å². The zero-order chi connectivity index (χ0) is 33.1. The number of carboxylic acid groups (broad SMARTS) is 2. The molecule has 2 heterocycles. The van der Waals surface area contributed by atoms with Gasteiger partial charge in [-0.25, -0.2) is 4.79 Å². The molecule has 0 aliphatic carbocycles. The molecule has 0 radical (unpaired) electrons. The number of alkyl halides is 3. The summed E-state index contributed by atoms with van der Waals surface area (Å²) < 4.78 is 43.0. The molecule has 15 heteroatoms. The second-order valence-corrected chi connectivity index (χ2v) is 10.7. The molecule has 2 aromatic rings. The number of halogens is 3. The van der Waals surface area contributed by atoms with Gasteiger partial charge < -0.3 is 34.8 Å². The summed E-state index contributed by atoms with van der Waals surface area (Å²) in [6.07, 6.45) is -5.08. The molecule has 238 valence electrons. The Balaban J connectivity index is 0.000000676. The molecular weight excluding hydrogens is 589 g/mol. The number of fused-ring (bicyclic) bond motifs is 2. The minimum absolute atomic E-state index is 0.0337. The number of nitrogens with zero attached hydrogens (tertiary/aromatic N) is 2. The Hall–Kier alpha value is -4.82. The van der Waals surface area contributed by atoms with Crippen molar-refractivity contribution in [2.24, 2.45) is 0 Å². The van der Waals surface area contributed by atoms with Gasteiger partial charge in [0.05, 0.1) is 31.5 Å². The summed E-state index contributed by atoms with van der Waals surface area (Å²) in [5.74, 6) is -3.14. The normalized spacial score (nSPS) is 14.7. The molecule has 4 rings (SSSR count). The predicted molar refractivity (Wildman–Crippen MR) is 152 cm³/mol. The average molecular weight is 623 g/mol. The first-order valence-electron chi connectivity index (χ1n) is 13.3. The van der Waals surface area contributed by atoms with Gasteiger partial charge in [0, 0.05) is 36.7 Å². The molecule has 0 unspecified atom stereocenters. The van der Waals surface area contributed by atoms with Crippen LogP contribution < -0.4 is 19.7 Å². The third-order valence-electron chi connectivity index (χ3n) is 7.06. The van der Waals surface area contributed by atoms with Crippen molar-refractivity contribution in [2.45, 2.75) is 38.9 Å². The Morgan fingerprint density at radius 2 is 1.68 bits per heavy atom. The van der Waals surface area contributed by atoms with Gasteiger partial charge in [-0.3, -0.25) is 19.8 Å². The van der Waals surface area contributed by atoms with Gasteiger partial charge >= 0.3 is 18.1 Å². The number of ketones is 1. The number of carbonyl (C=O) groups is 4. The van der Waals surface area contributed by atoms with Crippen LogP contribution in [0, 0.1) is 5.41 Å². The van der Waals surface area contributed by atoms with Gasteiger partial charge in [0.2, 0.25) is 0 Å². The van der Waals surface area contributed by atoms with Crippen LogP contribution in [0.3, 0.4) is 0 Å². The topological polar surface area (TPSA) is 170 Å². The monoisotopic (exact) mass is 622 g/mol. The van der Waals surface area contributed by atoms with Gasteiger partial charge in [-0.05, 0) is 42.3 Å². The second-order valence-electron chi connectivity index (χ2n) is 10.7. The van der Waals surface area contributed by atoms with Crippen molar-refractivity contribution in [2.75, 3.05) is 45.3 Å². The highest BCUT2D eigenvalue weighted by Gasteiger charge is 2.40. The number of anilines is 1. The van der Waals surface area contributed by atoms with Gasteiger partial charge in [0.25, 0.3) is 5.91 Å². The average Bonchev–Trinajstić information content (AvgIpc) is 3.37. The minimum atomic E-state index is -5.08. The van der Waals surface area contributed by atoms with Crippen LogP contribution in [-0.2, 0) is 21.5 Å². The van der Waals surface area contributed by atoms with Crippen molar-refractivity contribution in [3.8, 4) is 11.5 Å². The fourth-order valence-electron chi connectivity index (χ4n) is 5.12. The fourth-order valence-corrected chi connectivity index (χ4v) is 5.12. The first kappa shape index (κ1) is 33.7. The van der Waals surface area contributed by atoms with E-state index in [-0.39, 0.29) is 36.0 Å². The van der Waals surface area contributed by atoms with Crippen molar-refractivity contribution in [1.29, 1.82) is 5.41 Å². The summed E-state index contributed by atoms with van der Waals surface area (Å²) >= 11 is 0. The maximum atomic E-state index is 13.4. The summed E-state index contributed by atoms with van der Waals surface area (Å²) in [6, 6.07) is 6.86. The SMILES string of the molecule is CCOc1cc2c(cc1C(=O)NC)C(=N)N(CC(=O)c1cc(OC)c3c(c1)C(C)(C)CN3CC(=O)O)C2.O=C(O)C(F)(F)F. The van der Waals surface area contributed by atoms with Crippen LogP contribution in [0.4, 0.5) is 18.9 Å². The van der Waals surface area contributed by atoms with E-state index in [1.165, 1.54) is 14.2 Å². The lowest BCUT2D eigenvalue weighted by Gasteiger charge is -2.21. The van der Waals surface area contributed by atoms with E-state index in [0.29, 0.717) is 53.6 Å². The van der Waals surface area contributed by atoms with Crippen molar-refractivity contribution in [1.82, 2.24) is 10.2 Å². The maximum absolute atomic E-state index is 13.4. The molecule has 0 bridgehead atoms. The number of ether oxygens (including phenoxy) is 2. The van der Waals surface area contributed by atoms with E-state index in [2.05, 4.69) is 5.32 Å². The van der Waals surface area contributed by atoms with Crippen LogP contribution in [0.15, 0.2) is 24.3 Å². The van der Waals surface area contributed by atoms with E-state index in [9.17, 15) is 32.7 Å². The van der Waals surface area contributed by atoms with Gasteiger partial charge in [-0.1, -0.05) is 13.8 Å². The van der Waals surface area contributed by atoms with E-state index < -0.39 is 18.1 Å². The largest absolute Gasteiger partial charge is 0.495 e. The summed E-state index contributed by atoms with van der Waals surface area (Å²) in [4.78, 5) is 49.5. The Labute approximate surface area is 250 Å². The number of amidine groups is 1. The molecule has 44 heavy (non-hydrogen) atoms. The number of methoxy groups -OCH3 is 1. The number of nitrogens with one attached hydrogen (secondary N) is 2. The molecule has 0 saturated heterocycles. The Morgan fingerprint density at radius 3 is 2.20 bits per heavy atom. The highest BCUT2D eigenvalue weighted by Crippen LogP contribution is 2.46. The Kier molecular flexibility index (Phi) is 9.81. The molecule has 2 aliphatic heterocycles. The molecule has 0 spiro atoms. The van der Waals surface area contributed by atoms with Crippen molar-refractivity contribution < 1.29 is 52.0 Å². The molecular formula is C29H33F3N4O8. The number of hydrogen-bond acceptors (Lipinski definition) is 8. The first-order chi connectivity index (χ1) is 20.4. The molecule has 2 aliphatic rings. The number of benzene rings is 2. The maximum Gasteiger partial charge on any atom is 0.490 e. The predicted octanol–water partition coefficient (Wildman–Crippen LogP) is 3.29. The van der Waals surface area contributed by atoms with Crippen LogP contribution in [-0.4, -0.2) is 91.2 Å². The van der Waals surface area contributed by atoms with Crippen molar-refractivity contribution in [3.05, 3.63) is 52.1 Å².